The second kappa shape index (κ2) is 7.32. The minimum absolute atomic E-state index is 0. The second-order valence-electron chi connectivity index (χ2n) is 6.48. The van der Waals surface area contributed by atoms with E-state index in [1.807, 2.05) is 6.07 Å². The van der Waals surface area contributed by atoms with Gasteiger partial charge in [-0.05, 0) is 43.0 Å². The molecule has 0 spiro atoms. The summed E-state index contributed by atoms with van der Waals surface area (Å²) in [5.74, 6) is 0.156. The zero-order valence-electron chi connectivity index (χ0n) is 13.1. The fourth-order valence-corrected chi connectivity index (χ4v) is 3.88. The topological polar surface area (TPSA) is 84.2 Å². The molecule has 0 bridgehead atoms. The number of halogens is 1. The molecule has 1 aliphatic carbocycles. The maximum atomic E-state index is 12.8. The first-order valence-electron chi connectivity index (χ1n) is 7.99. The third kappa shape index (κ3) is 3.51. The van der Waals surface area contributed by atoms with Crippen LogP contribution < -0.4 is 16.4 Å². The Bertz CT molecular complexity index is 593. The highest BCUT2D eigenvalue weighted by molar-refractivity contribution is 5.93. The first-order valence-corrected chi connectivity index (χ1v) is 7.99. The summed E-state index contributed by atoms with van der Waals surface area (Å²) in [6.07, 6.45) is 4.46. The standard InChI is InChI=1S/C17H23N3O2.ClH/c18-15(21)13-5-3-4-12(8-13)9-20-16(22)17-7-2-1-6-14(17)10-19-11-17;/h3-5,8,14,19H,1-2,6-7,9-11H2,(H2,18,21)(H,20,22);1H/t14-,17+;/m0./s1. The highest BCUT2D eigenvalue weighted by Gasteiger charge is 2.49. The molecular weight excluding hydrogens is 314 g/mol. The molecule has 1 aliphatic heterocycles. The highest BCUT2D eigenvalue weighted by Crippen LogP contribution is 2.43. The molecular formula is C17H24ClN3O2. The Balaban J connectivity index is 0.00000192. The van der Waals surface area contributed by atoms with Crippen molar-refractivity contribution in [2.45, 2.75) is 32.2 Å². The van der Waals surface area contributed by atoms with Crippen molar-refractivity contribution in [3.63, 3.8) is 0 Å². The minimum Gasteiger partial charge on any atom is -0.366 e. The quantitative estimate of drug-likeness (QED) is 0.780. The normalized spacial score (nSPS) is 26.0. The van der Waals surface area contributed by atoms with Crippen LogP contribution in [0.25, 0.3) is 0 Å². The fraction of sp³-hybridized carbons (Fsp3) is 0.529. The summed E-state index contributed by atoms with van der Waals surface area (Å²) in [4.78, 5) is 24.0. The zero-order chi connectivity index (χ0) is 15.6. The zero-order valence-corrected chi connectivity index (χ0v) is 14.0. The first kappa shape index (κ1) is 17.8. The third-order valence-electron chi connectivity index (χ3n) is 5.15. The van der Waals surface area contributed by atoms with E-state index in [-0.39, 0.29) is 23.7 Å². The van der Waals surface area contributed by atoms with E-state index in [9.17, 15) is 9.59 Å². The van der Waals surface area contributed by atoms with Crippen molar-refractivity contribution >= 4 is 24.2 Å². The van der Waals surface area contributed by atoms with Gasteiger partial charge >= 0.3 is 0 Å². The average Bonchev–Trinajstić information content (AvgIpc) is 2.98. The molecule has 2 fully saturated rings. The van der Waals surface area contributed by atoms with Gasteiger partial charge in [-0.3, -0.25) is 9.59 Å². The molecule has 126 valence electrons. The summed E-state index contributed by atoms with van der Waals surface area (Å²) in [5, 5.41) is 6.45. The summed E-state index contributed by atoms with van der Waals surface area (Å²) < 4.78 is 0. The molecule has 23 heavy (non-hydrogen) atoms. The van der Waals surface area contributed by atoms with Crippen LogP contribution in [0.2, 0.25) is 0 Å². The number of hydrogen-bond acceptors (Lipinski definition) is 3. The van der Waals surface area contributed by atoms with E-state index in [2.05, 4.69) is 10.6 Å². The number of carbonyl (C=O) groups is 2. The highest BCUT2D eigenvalue weighted by atomic mass is 35.5. The van der Waals surface area contributed by atoms with Crippen molar-refractivity contribution in [3.8, 4) is 0 Å². The largest absolute Gasteiger partial charge is 0.366 e. The fourth-order valence-electron chi connectivity index (χ4n) is 3.88. The number of carbonyl (C=O) groups excluding carboxylic acids is 2. The monoisotopic (exact) mass is 337 g/mol. The van der Waals surface area contributed by atoms with E-state index in [1.165, 1.54) is 6.42 Å². The summed E-state index contributed by atoms with van der Waals surface area (Å²) in [5.41, 5.74) is 6.43. The number of rotatable bonds is 4. The number of hydrogen-bond donors (Lipinski definition) is 3. The Morgan fingerprint density at radius 3 is 2.96 bits per heavy atom. The van der Waals surface area contributed by atoms with Gasteiger partial charge in [-0.1, -0.05) is 25.0 Å². The lowest BCUT2D eigenvalue weighted by molar-refractivity contribution is -0.134. The van der Waals surface area contributed by atoms with Gasteiger partial charge < -0.3 is 16.4 Å². The Labute approximate surface area is 142 Å². The molecule has 0 aromatic heterocycles. The Hall–Kier alpha value is -1.59. The summed E-state index contributed by atoms with van der Waals surface area (Å²) in [6, 6.07) is 7.12. The molecule has 0 unspecified atom stereocenters. The van der Waals surface area contributed by atoms with E-state index < -0.39 is 5.91 Å². The van der Waals surface area contributed by atoms with Crippen LogP contribution in [0.5, 0.6) is 0 Å². The molecule has 1 saturated carbocycles. The lowest BCUT2D eigenvalue weighted by atomic mass is 9.67. The predicted octanol–water partition coefficient (Wildman–Crippen LogP) is 1.60. The van der Waals surface area contributed by atoms with Gasteiger partial charge in [0.15, 0.2) is 0 Å². The van der Waals surface area contributed by atoms with E-state index in [1.54, 1.807) is 18.2 Å². The van der Waals surface area contributed by atoms with Gasteiger partial charge in [-0.25, -0.2) is 0 Å². The number of benzene rings is 1. The number of primary amides is 1. The first-order chi connectivity index (χ1) is 10.6. The van der Waals surface area contributed by atoms with Gasteiger partial charge in [0, 0.05) is 18.7 Å². The Kier molecular flexibility index (Phi) is 5.65. The van der Waals surface area contributed by atoms with Crippen molar-refractivity contribution in [1.82, 2.24) is 10.6 Å². The van der Waals surface area contributed by atoms with Crippen molar-refractivity contribution in [3.05, 3.63) is 35.4 Å². The van der Waals surface area contributed by atoms with Crippen LogP contribution in [0.4, 0.5) is 0 Å². The van der Waals surface area contributed by atoms with Crippen molar-refractivity contribution in [1.29, 1.82) is 0 Å². The average molecular weight is 338 g/mol. The van der Waals surface area contributed by atoms with E-state index in [4.69, 9.17) is 5.73 Å². The molecule has 1 saturated heterocycles. The second-order valence-corrected chi connectivity index (χ2v) is 6.48. The molecule has 1 heterocycles. The summed E-state index contributed by atoms with van der Waals surface area (Å²) >= 11 is 0. The van der Waals surface area contributed by atoms with Gasteiger partial charge in [-0.2, -0.15) is 0 Å². The lowest BCUT2D eigenvalue weighted by Crippen LogP contribution is -2.47. The van der Waals surface area contributed by atoms with Crippen molar-refractivity contribution in [2.75, 3.05) is 13.1 Å². The SMILES string of the molecule is Cl.NC(=O)c1cccc(CNC(=O)[C@@]23CCCC[C@H]2CNC3)c1. The van der Waals surface area contributed by atoms with Crippen LogP contribution in [-0.2, 0) is 11.3 Å². The summed E-state index contributed by atoms with van der Waals surface area (Å²) in [6.45, 7) is 2.17. The molecule has 1 aromatic rings. The third-order valence-corrected chi connectivity index (χ3v) is 5.15. The van der Waals surface area contributed by atoms with Gasteiger partial charge in [0.05, 0.1) is 5.41 Å². The minimum atomic E-state index is -0.445. The maximum Gasteiger partial charge on any atom is 0.248 e. The molecule has 2 aliphatic rings. The van der Waals surface area contributed by atoms with Crippen LogP contribution in [-0.4, -0.2) is 24.9 Å². The van der Waals surface area contributed by atoms with Crippen LogP contribution in [0.1, 0.15) is 41.6 Å². The van der Waals surface area contributed by atoms with Gasteiger partial charge in [0.1, 0.15) is 0 Å². The summed E-state index contributed by atoms with van der Waals surface area (Å²) in [7, 11) is 0. The molecule has 2 atom stereocenters. The van der Waals surface area contributed by atoms with Gasteiger partial charge in [0.2, 0.25) is 11.8 Å². The van der Waals surface area contributed by atoms with Crippen molar-refractivity contribution in [2.24, 2.45) is 17.1 Å². The van der Waals surface area contributed by atoms with Gasteiger partial charge in [0.25, 0.3) is 0 Å². The number of amides is 2. The number of nitrogens with one attached hydrogen (secondary N) is 2. The van der Waals surface area contributed by atoms with Crippen LogP contribution in [0, 0.1) is 11.3 Å². The molecule has 5 nitrogen and oxygen atoms in total. The predicted molar refractivity (Wildman–Crippen MR) is 91.3 cm³/mol. The molecule has 2 amide bonds. The number of fused-ring (bicyclic) bond motifs is 1. The van der Waals surface area contributed by atoms with E-state index in [0.29, 0.717) is 18.0 Å². The molecule has 3 rings (SSSR count). The Morgan fingerprint density at radius 1 is 1.35 bits per heavy atom. The van der Waals surface area contributed by atoms with Crippen molar-refractivity contribution < 1.29 is 9.59 Å². The van der Waals surface area contributed by atoms with Crippen LogP contribution in [0.15, 0.2) is 24.3 Å². The van der Waals surface area contributed by atoms with Crippen LogP contribution >= 0.6 is 12.4 Å². The molecule has 6 heteroatoms. The van der Waals surface area contributed by atoms with Gasteiger partial charge in [-0.15, -0.1) is 12.4 Å². The lowest BCUT2D eigenvalue weighted by Gasteiger charge is -2.37. The van der Waals surface area contributed by atoms with E-state index in [0.717, 1.165) is 37.9 Å². The molecule has 1 aromatic carbocycles. The molecule has 0 radical (unpaired) electrons. The Morgan fingerprint density at radius 2 is 2.17 bits per heavy atom. The maximum absolute atomic E-state index is 12.8. The van der Waals surface area contributed by atoms with Crippen LogP contribution in [0.3, 0.4) is 0 Å². The van der Waals surface area contributed by atoms with E-state index >= 15 is 0 Å². The smallest absolute Gasteiger partial charge is 0.248 e. The number of nitrogens with two attached hydrogens (primary N) is 1. The molecule has 4 N–H and O–H groups in total.